The largest absolute Gasteiger partial charge is 0.372 e. The highest BCUT2D eigenvalue weighted by molar-refractivity contribution is 5.53. The van der Waals surface area contributed by atoms with E-state index < -0.39 is 0 Å². The molecule has 1 aromatic rings. The Morgan fingerprint density at radius 1 is 1.50 bits per heavy atom. The van der Waals surface area contributed by atoms with Crippen LogP contribution in [-0.2, 0) is 0 Å². The van der Waals surface area contributed by atoms with E-state index in [-0.39, 0.29) is 0 Å². The van der Waals surface area contributed by atoms with Crippen LogP contribution in [0.3, 0.4) is 0 Å². The molecular weight excluding hydrogens is 176 g/mol. The minimum atomic E-state index is 0.706. The minimum Gasteiger partial charge on any atom is -0.372 e. The van der Waals surface area contributed by atoms with Crippen molar-refractivity contribution < 1.29 is 0 Å². The monoisotopic (exact) mass is 194 g/mol. The van der Waals surface area contributed by atoms with Crippen molar-refractivity contribution in [3.8, 4) is 0 Å². The lowest BCUT2D eigenvalue weighted by Gasteiger charge is -2.22. The number of pyridine rings is 1. The van der Waals surface area contributed by atoms with Crippen molar-refractivity contribution in [3.63, 3.8) is 0 Å². The molecule has 0 spiro atoms. The van der Waals surface area contributed by atoms with Crippen molar-refractivity contribution in [3.05, 3.63) is 18.3 Å². The molecule has 3 N–H and O–H groups in total. The van der Waals surface area contributed by atoms with Gasteiger partial charge in [0.25, 0.3) is 0 Å². The highest BCUT2D eigenvalue weighted by atomic mass is 15.2. The molecule has 0 radical (unpaired) electrons. The van der Waals surface area contributed by atoms with Gasteiger partial charge in [0.1, 0.15) is 5.82 Å². The number of aromatic nitrogens is 1. The van der Waals surface area contributed by atoms with Gasteiger partial charge < -0.3 is 10.3 Å². The number of anilines is 2. The lowest BCUT2D eigenvalue weighted by Crippen LogP contribution is -2.23. The van der Waals surface area contributed by atoms with Crippen molar-refractivity contribution in [1.29, 1.82) is 0 Å². The van der Waals surface area contributed by atoms with Crippen LogP contribution in [0.4, 0.5) is 11.5 Å². The van der Waals surface area contributed by atoms with Crippen LogP contribution in [0, 0.1) is 0 Å². The van der Waals surface area contributed by atoms with E-state index in [9.17, 15) is 0 Å². The average Bonchev–Trinajstić information content (AvgIpc) is 2.26. The van der Waals surface area contributed by atoms with Gasteiger partial charge in [-0.15, -0.1) is 0 Å². The third-order valence-electron chi connectivity index (χ3n) is 2.13. The van der Waals surface area contributed by atoms with Gasteiger partial charge in [-0.25, -0.2) is 10.8 Å². The highest BCUT2D eigenvalue weighted by Gasteiger charge is 2.03. The average molecular weight is 194 g/mol. The van der Waals surface area contributed by atoms with E-state index in [1.807, 2.05) is 12.1 Å². The van der Waals surface area contributed by atoms with Gasteiger partial charge in [-0.3, -0.25) is 0 Å². The summed E-state index contributed by atoms with van der Waals surface area (Å²) < 4.78 is 0. The molecule has 4 nitrogen and oxygen atoms in total. The Morgan fingerprint density at radius 3 is 2.86 bits per heavy atom. The molecular formula is C10H18N4. The van der Waals surface area contributed by atoms with Crippen molar-refractivity contribution in [2.45, 2.75) is 20.3 Å². The summed E-state index contributed by atoms with van der Waals surface area (Å²) in [7, 11) is 0. The second kappa shape index (κ2) is 5.44. The van der Waals surface area contributed by atoms with Gasteiger partial charge in [0.05, 0.1) is 0 Å². The number of nitrogens with zero attached hydrogens (tertiary/aromatic N) is 2. The third kappa shape index (κ3) is 2.60. The molecule has 0 aliphatic rings. The summed E-state index contributed by atoms with van der Waals surface area (Å²) in [6.07, 6.45) is 2.91. The van der Waals surface area contributed by atoms with Crippen LogP contribution in [0.1, 0.15) is 20.3 Å². The molecule has 0 saturated carbocycles. The molecule has 0 aromatic carbocycles. The Bertz CT molecular complexity index is 275. The summed E-state index contributed by atoms with van der Waals surface area (Å²) >= 11 is 0. The van der Waals surface area contributed by atoms with Crippen molar-refractivity contribution in [2.24, 2.45) is 5.84 Å². The van der Waals surface area contributed by atoms with E-state index in [2.05, 4.69) is 29.2 Å². The van der Waals surface area contributed by atoms with Crippen LogP contribution in [-0.4, -0.2) is 18.1 Å². The Hall–Kier alpha value is -1.29. The topological polar surface area (TPSA) is 54.2 Å². The first-order valence-electron chi connectivity index (χ1n) is 4.99. The summed E-state index contributed by atoms with van der Waals surface area (Å²) in [6.45, 7) is 6.38. The SMILES string of the molecule is CCCN(CC)c1ccnc(NN)c1. The maximum absolute atomic E-state index is 5.30. The molecule has 1 rings (SSSR count). The molecule has 1 heterocycles. The molecule has 4 heteroatoms. The smallest absolute Gasteiger partial charge is 0.141 e. The molecule has 0 aliphatic carbocycles. The van der Waals surface area contributed by atoms with Crippen LogP contribution in [0.25, 0.3) is 0 Å². The fraction of sp³-hybridized carbons (Fsp3) is 0.500. The third-order valence-corrected chi connectivity index (χ3v) is 2.13. The van der Waals surface area contributed by atoms with E-state index in [1.54, 1.807) is 6.20 Å². The predicted octanol–water partition coefficient (Wildman–Crippen LogP) is 1.60. The maximum Gasteiger partial charge on any atom is 0.141 e. The van der Waals surface area contributed by atoms with Crippen molar-refractivity contribution in [2.75, 3.05) is 23.4 Å². The van der Waals surface area contributed by atoms with Gasteiger partial charge in [-0.2, -0.15) is 0 Å². The second-order valence-electron chi connectivity index (χ2n) is 3.12. The predicted molar refractivity (Wildman–Crippen MR) is 60.2 cm³/mol. The fourth-order valence-corrected chi connectivity index (χ4v) is 1.43. The number of hydrogen-bond donors (Lipinski definition) is 2. The molecule has 0 unspecified atom stereocenters. The van der Waals surface area contributed by atoms with Crippen LogP contribution >= 0.6 is 0 Å². The van der Waals surface area contributed by atoms with Gasteiger partial charge >= 0.3 is 0 Å². The number of rotatable bonds is 5. The number of nitrogens with two attached hydrogens (primary N) is 1. The molecule has 0 aliphatic heterocycles. The second-order valence-corrected chi connectivity index (χ2v) is 3.12. The van der Waals surface area contributed by atoms with Gasteiger partial charge in [0.15, 0.2) is 0 Å². The summed E-state index contributed by atoms with van der Waals surface area (Å²) in [4.78, 5) is 6.37. The maximum atomic E-state index is 5.30. The summed E-state index contributed by atoms with van der Waals surface area (Å²) in [6, 6.07) is 3.96. The molecule has 0 fully saturated rings. The zero-order valence-electron chi connectivity index (χ0n) is 8.83. The zero-order valence-corrected chi connectivity index (χ0v) is 8.83. The minimum absolute atomic E-state index is 0.706. The molecule has 0 saturated heterocycles. The number of hydrogen-bond acceptors (Lipinski definition) is 4. The highest BCUT2D eigenvalue weighted by Crippen LogP contribution is 2.16. The first-order chi connectivity index (χ1) is 6.81. The molecule has 1 aromatic heterocycles. The lowest BCUT2D eigenvalue weighted by atomic mass is 10.3. The Balaban J connectivity index is 2.80. The van der Waals surface area contributed by atoms with Gasteiger partial charge in [-0.05, 0) is 19.4 Å². The van der Waals surface area contributed by atoms with E-state index in [0.29, 0.717) is 5.82 Å². The van der Waals surface area contributed by atoms with E-state index in [0.717, 1.165) is 25.2 Å². The van der Waals surface area contributed by atoms with Gasteiger partial charge in [0, 0.05) is 31.0 Å². The molecule has 78 valence electrons. The van der Waals surface area contributed by atoms with Crippen molar-refractivity contribution in [1.82, 2.24) is 4.98 Å². The van der Waals surface area contributed by atoms with Gasteiger partial charge in [0.2, 0.25) is 0 Å². The van der Waals surface area contributed by atoms with E-state index in [1.165, 1.54) is 0 Å². The van der Waals surface area contributed by atoms with Crippen LogP contribution < -0.4 is 16.2 Å². The quantitative estimate of drug-likeness (QED) is 0.552. The number of hydrazine groups is 1. The molecule has 14 heavy (non-hydrogen) atoms. The van der Waals surface area contributed by atoms with Gasteiger partial charge in [-0.1, -0.05) is 6.92 Å². The standard InChI is InChI=1S/C10H18N4/c1-3-7-14(4-2)9-5-6-12-10(8-9)13-11/h5-6,8H,3-4,7,11H2,1-2H3,(H,12,13). The first-order valence-corrected chi connectivity index (χ1v) is 4.99. The summed E-state index contributed by atoms with van der Waals surface area (Å²) in [5, 5.41) is 0. The lowest BCUT2D eigenvalue weighted by molar-refractivity contribution is 0.791. The fourth-order valence-electron chi connectivity index (χ4n) is 1.43. The van der Waals surface area contributed by atoms with Crippen molar-refractivity contribution >= 4 is 11.5 Å². The Kier molecular flexibility index (Phi) is 4.19. The molecule has 0 amide bonds. The normalized spacial score (nSPS) is 9.93. The first kappa shape index (κ1) is 10.8. The molecule has 0 bridgehead atoms. The van der Waals surface area contributed by atoms with Crippen LogP contribution in [0.2, 0.25) is 0 Å². The number of nitrogens with one attached hydrogen (secondary N) is 1. The zero-order chi connectivity index (χ0) is 10.4. The van der Waals surface area contributed by atoms with E-state index >= 15 is 0 Å². The molecule has 0 atom stereocenters. The number of nitrogen functional groups attached to an aromatic ring is 1. The Labute approximate surface area is 85.1 Å². The van der Waals surface area contributed by atoms with Crippen LogP contribution in [0.5, 0.6) is 0 Å². The summed E-state index contributed by atoms with van der Waals surface area (Å²) in [5.74, 6) is 6.01. The summed E-state index contributed by atoms with van der Waals surface area (Å²) in [5.41, 5.74) is 3.71. The van der Waals surface area contributed by atoms with E-state index in [4.69, 9.17) is 5.84 Å². The van der Waals surface area contributed by atoms with Crippen LogP contribution in [0.15, 0.2) is 18.3 Å². The Morgan fingerprint density at radius 2 is 2.29 bits per heavy atom.